The highest BCUT2D eigenvalue weighted by atomic mass is 16.3. The van der Waals surface area contributed by atoms with Crippen LogP contribution in [0.1, 0.15) is 33.1 Å². The van der Waals surface area contributed by atoms with E-state index in [1.807, 2.05) is 0 Å². The van der Waals surface area contributed by atoms with Gasteiger partial charge in [0, 0.05) is 0 Å². The van der Waals surface area contributed by atoms with Crippen LogP contribution in [0.3, 0.4) is 0 Å². The lowest BCUT2D eigenvalue weighted by Gasteiger charge is -2.32. The Balaban J connectivity index is 2.40. The van der Waals surface area contributed by atoms with Gasteiger partial charge in [0.05, 0.1) is 12.2 Å². The second-order valence-electron chi connectivity index (χ2n) is 3.95. The lowest BCUT2D eigenvalue weighted by molar-refractivity contribution is -0.0321. The molecule has 0 saturated heterocycles. The molecule has 0 amide bonds. The minimum absolute atomic E-state index is 0.468. The van der Waals surface area contributed by atoms with Gasteiger partial charge in [-0.25, -0.2) is 0 Å². The van der Waals surface area contributed by atoms with Gasteiger partial charge in [0.2, 0.25) is 0 Å². The molecule has 66 valence electrons. The number of hydrogen-bond acceptors (Lipinski definition) is 2. The van der Waals surface area contributed by atoms with Crippen molar-refractivity contribution in [2.45, 2.75) is 45.3 Å². The first-order chi connectivity index (χ1) is 5.11. The van der Waals surface area contributed by atoms with Crippen LogP contribution >= 0.6 is 0 Å². The van der Waals surface area contributed by atoms with Crippen LogP contribution in [-0.2, 0) is 0 Å². The number of rotatable bonds is 1. The van der Waals surface area contributed by atoms with Crippen molar-refractivity contribution in [1.29, 1.82) is 0 Å². The van der Waals surface area contributed by atoms with Crippen LogP contribution in [-0.4, -0.2) is 22.4 Å². The molecular formula is C9H18O2. The van der Waals surface area contributed by atoms with Crippen molar-refractivity contribution in [2.75, 3.05) is 0 Å². The van der Waals surface area contributed by atoms with Crippen LogP contribution in [0.5, 0.6) is 0 Å². The average Bonchev–Trinajstić information content (AvgIpc) is 1.94. The number of aliphatic hydroxyl groups is 2. The van der Waals surface area contributed by atoms with Crippen molar-refractivity contribution >= 4 is 0 Å². The summed E-state index contributed by atoms with van der Waals surface area (Å²) in [4.78, 5) is 0. The quantitative estimate of drug-likeness (QED) is 0.601. The Morgan fingerprint density at radius 1 is 1.09 bits per heavy atom. The van der Waals surface area contributed by atoms with E-state index in [0.717, 1.165) is 19.3 Å². The fraction of sp³-hybridized carbons (Fsp3) is 1.00. The summed E-state index contributed by atoms with van der Waals surface area (Å²) in [6, 6.07) is 0. The van der Waals surface area contributed by atoms with E-state index in [2.05, 4.69) is 13.8 Å². The monoisotopic (exact) mass is 158 g/mol. The van der Waals surface area contributed by atoms with Gasteiger partial charge in [-0.05, 0) is 31.1 Å². The van der Waals surface area contributed by atoms with E-state index in [1.165, 1.54) is 0 Å². The first-order valence-corrected chi connectivity index (χ1v) is 4.47. The van der Waals surface area contributed by atoms with E-state index in [4.69, 9.17) is 0 Å². The third-order valence-corrected chi connectivity index (χ3v) is 2.76. The predicted octanol–water partition coefficient (Wildman–Crippen LogP) is 1.16. The SMILES string of the molecule is CC(C)C1CCC(O)C(O)C1. The Morgan fingerprint density at radius 3 is 2.18 bits per heavy atom. The second kappa shape index (κ2) is 3.55. The highest BCUT2D eigenvalue weighted by Crippen LogP contribution is 2.29. The maximum atomic E-state index is 9.35. The minimum atomic E-state index is -0.476. The molecular weight excluding hydrogens is 140 g/mol. The molecule has 3 unspecified atom stereocenters. The van der Waals surface area contributed by atoms with Crippen LogP contribution in [0.15, 0.2) is 0 Å². The van der Waals surface area contributed by atoms with Gasteiger partial charge in [-0.3, -0.25) is 0 Å². The largest absolute Gasteiger partial charge is 0.390 e. The molecule has 0 radical (unpaired) electrons. The summed E-state index contributed by atoms with van der Waals surface area (Å²) < 4.78 is 0. The molecule has 1 fully saturated rings. The Bertz CT molecular complexity index is 123. The number of hydrogen-bond donors (Lipinski definition) is 2. The molecule has 0 aromatic rings. The topological polar surface area (TPSA) is 40.5 Å². The second-order valence-corrected chi connectivity index (χ2v) is 3.95. The summed E-state index contributed by atoms with van der Waals surface area (Å²) in [5.41, 5.74) is 0. The fourth-order valence-electron chi connectivity index (χ4n) is 1.77. The van der Waals surface area contributed by atoms with Crippen molar-refractivity contribution in [1.82, 2.24) is 0 Å². The van der Waals surface area contributed by atoms with Gasteiger partial charge in [-0.1, -0.05) is 13.8 Å². The van der Waals surface area contributed by atoms with Gasteiger partial charge in [0.25, 0.3) is 0 Å². The zero-order valence-corrected chi connectivity index (χ0v) is 7.33. The Morgan fingerprint density at radius 2 is 1.73 bits per heavy atom. The molecule has 1 aliphatic rings. The zero-order chi connectivity index (χ0) is 8.43. The third kappa shape index (κ3) is 2.17. The van der Waals surface area contributed by atoms with E-state index >= 15 is 0 Å². The summed E-state index contributed by atoms with van der Waals surface area (Å²) in [5, 5.41) is 18.6. The molecule has 0 aromatic heterocycles. The molecule has 2 N–H and O–H groups in total. The van der Waals surface area contributed by atoms with E-state index in [-0.39, 0.29) is 0 Å². The highest BCUT2D eigenvalue weighted by Gasteiger charge is 2.28. The van der Waals surface area contributed by atoms with Gasteiger partial charge >= 0.3 is 0 Å². The lowest BCUT2D eigenvalue weighted by Crippen LogP contribution is -2.35. The summed E-state index contributed by atoms with van der Waals surface area (Å²) in [7, 11) is 0. The van der Waals surface area contributed by atoms with E-state index in [9.17, 15) is 10.2 Å². The summed E-state index contributed by atoms with van der Waals surface area (Å²) in [6.07, 6.45) is 1.67. The Kier molecular flexibility index (Phi) is 2.90. The molecule has 3 atom stereocenters. The molecule has 1 aliphatic carbocycles. The first kappa shape index (κ1) is 9.01. The van der Waals surface area contributed by atoms with Gasteiger partial charge in [-0.15, -0.1) is 0 Å². The molecule has 0 heterocycles. The van der Waals surface area contributed by atoms with E-state index in [0.29, 0.717) is 11.8 Å². The van der Waals surface area contributed by atoms with Gasteiger partial charge in [0.1, 0.15) is 0 Å². The fourth-order valence-corrected chi connectivity index (χ4v) is 1.77. The molecule has 2 heteroatoms. The van der Waals surface area contributed by atoms with Crippen molar-refractivity contribution in [2.24, 2.45) is 11.8 Å². The van der Waals surface area contributed by atoms with E-state index < -0.39 is 12.2 Å². The average molecular weight is 158 g/mol. The first-order valence-electron chi connectivity index (χ1n) is 4.47. The summed E-state index contributed by atoms with van der Waals surface area (Å²) in [6.45, 7) is 4.35. The summed E-state index contributed by atoms with van der Waals surface area (Å²) >= 11 is 0. The van der Waals surface area contributed by atoms with Crippen molar-refractivity contribution < 1.29 is 10.2 Å². The Hall–Kier alpha value is -0.0800. The van der Waals surface area contributed by atoms with Crippen molar-refractivity contribution in [3.8, 4) is 0 Å². The van der Waals surface area contributed by atoms with Crippen molar-refractivity contribution in [3.05, 3.63) is 0 Å². The molecule has 0 aliphatic heterocycles. The smallest absolute Gasteiger partial charge is 0.0801 e. The van der Waals surface area contributed by atoms with Crippen LogP contribution < -0.4 is 0 Å². The Labute approximate surface area is 68.2 Å². The standard InChI is InChI=1S/C9H18O2/c1-6(2)7-3-4-8(10)9(11)5-7/h6-11H,3-5H2,1-2H3. The number of aliphatic hydroxyl groups excluding tert-OH is 2. The van der Waals surface area contributed by atoms with Crippen LogP contribution in [0.4, 0.5) is 0 Å². The summed E-state index contributed by atoms with van der Waals surface area (Å²) in [5.74, 6) is 1.24. The molecule has 1 saturated carbocycles. The normalized spacial score (nSPS) is 39.5. The minimum Gasteiger partial charge on any atom is -0.390 e. The molecule has 0 aromatic carbocycles. The molecule has 2 nitrogen and oxygen atoms in total. The van der Waals surface area contributed by atoms with Crippen LogP contribution in [0.25, 0.3) is 0 Å². The zero-order valence-electron chi connectivity index (χ0n) is 7.33. The lowest BCUT2D eigenvalue weighted by atomic mass is 9.79. The van der Waals surface area contributed by atoms with E-state index in [1.54, 1.807) is 0 Å². The van der Waals surface area contributed by atoms with Gasteiger partial charge < -0.3 is 10.2 Å². The van der Waals surface area contributed by atoms with Gasteiger partial charge in [0.15, 0.2) is 0 Å². The predicted molar refractivity (Wildman–Crippen MR) is 44.2 cm³/mol. The maximum Gasteiger partial charge on any atom is 0.0801 e. The molecule has 0 bridgehead atoms. The van der Waals surface area contributed by atoms with Crippen molar-refractivity contribution in [3.63, 3.8) is 0 Å². The molecule has 0 spiro atoms. The molecule has 1 rings (SSSR count). The third-order valence-electron chi connectivity index (χ3n) is 2.76. The molecule has 11 heavy (non-hydrogen) atoms. The maximum absolute atomic E-state index is 9.35. The van der Waals surface area contributed by atoms with Gasteiger partial charge in [-0.2, -0.15) is 0 Å². The van der Waals surface area contributed by atoms with Crippen LogP contribution in [0, 0.1) is 11.8 Å². The van der Waals surface area contributed by atoms with Crippen LogP contribution in [0.2, 0.25) is 0 Å². The highest BCUT2D eigenvalue weighted by molar-refractivity contribution is 4.80.